The monoisotopic (exact) mass is 396 g/mol. The largest absolute Gasteiger partial charge is 0.495 e. The SMILES string of the molecule is COc1ccc(NC(=O)CO/N=C\c2ccccc2Br)cc1Cl. The maximum atomic E-state index is 11.8. The number of ether oxygens (including phenoxy) is 1. The van der Waals surface area contributed by atoms with E-state index in [2.05, 4.69) is 26.4 Å². The lowest BCUT2D eigenvalue weighted by molar-refractivity contribution is -0.120. The molecular formula is C16H14BrClN2O3. The number of oxime groups is 1. The van der Waals surface area contributed by atoms with Gasteiger partial charge in [-0.1, -0.05) is 50.9 Å². The highest BCUT2D eigenvalue weighted by molar-refractivity contribution is 9.10. The smallest absolute Gasteiger partial charge is 0.265 e. The van der Waals surface area contributed by atoms with Crippen molar-refractivity contribution < 1.29 is 14.4 Å². The number of anilines is 1. The Morgan fingerprint density at radius 3 is 2.83 bits per heavy atom. The number of carbonyl (C=O) groups is 1. The lowest BCUT2D eigenvalue weighted by Crippen LogP contribution is -2.16. The van der Waals surface area contributed by atoms with E-state index in [4.69, 9.17) is 21.2 Å². The third-order valence-electron chi connectivity index (χ3n) is 2.80. The van der Waals surface area contributed by atoms with E-state index in [0.717, 1.165) is 10.0 Å². The van der Waals surface area contributed by atoms with E-state index in [0.29, 0.717) is 16.5 Å². The molecule has 0 fully saturated rings. The van der Waals surface area contributed by atoms with Gasteiger partial charge < -0.3 is 14.9 Å². The lowest BCUT2D eigenvalue weighted by Gasteiger charge is -2.07. The third kappa shape index (κ3) is 5.26. The van der Waals surface area contributed by atoms with Gasteiger partial charge in [-0.15, -0.1) is 0 Å². The molecule has 2 aromatic carbocycles. The van der Waals surface area contributed by atoms with Crippen molar-refractivity contribution in [1.82, 2.24) is 0 Å². The predicted octanol–water partition coefficient (Wildman–Crippen LogP) is 4.10. The number of halogens is 2. The average molecular weight is 398 g/mol. The van der Waals surface area contributed by atoms with Crippen LogP contribution in [0.4, 0.5) is 5.69 Å². The molecule has 0 aliphatic carbocycles. The first-order chi connectivity index (χ1) is 11.1. The molecule has 2 rings (SSSR count). The van der Waals surface area contributed by atoms with Gasteiger partial charge in [-0.2, -0.15) is 0 Å². The van der Waals surface area contributed by atoms with Crippen LogP contribution in [0.2, 0.25) is 5.02 Å². The molecule has 0 heterocycles. The van der Waals surface area contributed by atoms with Crippen molar-refractivity contribution in [3.05, 3.63) is 57.5 Å². The van der Waals surface area contributed by atoms with E-state index >= 15 is 0 Å². The molecule has 2 aromatic rings. The quantitative estimate of drug-likeness (QED) is 0.590. The van der Waals surface area contributed by atoms with Crippen molar-refractivity contribution >= 4 is 45.3 Å². The Morgan fingerprint density at radius 1 is 1.35 bits per heavy atom. The van der Waals surface area contributed by atoms with E-state index in [9.17, 15) is 4.79 Å². The molecule has 0 unspecified atom stereocenters. The standard InChI is InChI=1S/C16H14BrClN2O3/c1-22-15-7-6-12(8-14(15)18)20-16(21)10-23-19-9-11-4-2-3-5-13(11)17/h2-9H,10H2,1H3,(H,20,21)/b19-9-. The molecule has 0 atom stereocenters. The first-order valence-corrected chi connectivity index (χ1v) is 7.80. The van der Waals surface area contributed by atoms with Crippen molar-refractivity contribution in [2.24, 2.45) is 5.16 Å². The Morgan fingerprint density at radius 2 is 2.13 bits per heavy atom. The van der Waals surface area contributed by atoms with Gasteiger partial charge in [0.1, 0.15) is 5.75 Å². The van der Waals surface area contributed by atoms with Gasteiger partial charge >= 0.3 is 0 Å². The van der Waals surface area contributed by atoms with Crippen LogP contribution in [0.3, 0.4) is 0 Å². The van der Waals surface area contributed by atoms with E-state index < -0.39 is 0 Å². The Kier molecular flexibility index (Phi) is 6.43. The maximum absolute atomic E-state index is 11.8. The van der Waals surface area contributed by atoms with Crippen molar-refractivity contribution in [1.29, 1.82) is 0 Å². The average Bonchev–Trinajstić information content (AvgIpc) is 2.53. The summed E-state index contributed by atoms with van der Waals surface area (Å²) in [4.78, 5) is 16.7. The fourth-order valence-electron chi connectivity index (χ4n) is 1.71. The van der Waals surface area contributed by atoms with Crippen LogP contribution in [0, 0.1) is 0 Å². The highest BCUT2D eigenvalue weighted by atomic mass is 79.9. The number of amides is 1. The van der Waals surface area contributed by atoms with Crippen LogP contribution >= 0.6 is 27.5 Å². The zero-order valence-corrected chi connectivity index (χ0v) is 14.6. The summed E-state index contributed by atoms with van der Waals surface area (Å²) in [5.74, 6) is 0.203. The summed E-state index contributed by atoms with van der Waals surface area (Å²) in [6.45, 7) is -0.204. The van der Waals surface area contributed by atoms with E-state index in [1.54, 1.807) is 18.2 Å². The van der Waals surface area contributed by atoms with E-state index in [1.165, 1.54) is 13.3 Å². The van der Waals surface area contributed by atoms with Crippen LogP contribution < -0.4 is 10.1 Å². The molecule has 7 heteroatoms. The fourth-order valence-corrected chi connectivity index (χ4v) is 2.36. The molecule has 1 N–H and O–H groups in total. The predicted molar refractivity (Wildman–Crippen MR) is 94.3 cm³/mol. The van der Waals surface area contributed by atoms with Crippen LogP contribution in [0.25, 0.3) is 0 Å². The van der Waals surface area contributed by atoms with E-state index in [-0.39, 0.29) is 12.5 Å². The second-order valence-corrected chi connectivity index (χ2v) is 5.69. The lowest BCUT2D eigenvalue weighted by atomic mass is 10.2. The number of nitrogens with one attached hydrogen (secondary N) is 1. The number of carbonyl (C=O) groups excluding carboxylic acids is 1. The van der Waals surface area contributed by atoms with Crippen molar-refractivity contribution in [3.63, 3.8) is 0 Å². The van der Waals surface area contributed by atoms with Gasteiger partial charge in [0, 0.05) is 15.7 Å². The summed E-state index contributed by atoms with van der Waals surface area (Å²) in [7, 11) is 1.52. The Bertz CT molecular complexity index is 722. The minimum atomic E-state index is -0.337. The van der Waals surface area contributed by atoms with Gasteiger partial charge in [-0.3, -0.25) is 4.79 Å². The van der Waals surface area contributed by atoms with Gasteiger partial charge in [0.15, 0.2) is 6.61 Å². The number of hydrogen-bond donors (Lipinski definition) is 1. The molecule has 0 spiro atoms. The number of nitrogens with zero attached hydrogens (tertiary/aromatic N) is 1. The third-order valence-corrected chi connectivity index (χ3v) is 3.82. The van der Waals surface area contributed by atoms with Crippen LogP contribution in [-0.2, 0) is 9.63 Å². The molecule has 5 nitrogen and oxygen atoms in total. The molecule has 0 radical (unpaired) electrons. The zero-order chi connectivity index (χ0) is 16.7. The minimum Gasteiger partial charge on any atom is -0.495 e. The van der Waals surface area contributed by atoms with Gasteiger partial charge in [0.2, 0.25) is 0 Å². The first-order valence-electron chi connectivity index (χ1n) is 6.63. The summed E-state index contributed by atoms with van der Waals surface area (Å²) in [5, 5.41) is 6.84. The van der Waals surface area contributed by atoms with Crippen LogP contribution in [0.5, 0.6) is 5.75 Å². The Hall–Kier alpha value is -2.05. The summed E-state index contributed by atoms with van der Waals surface area (Å²) >= 11 is 9.38. The van der Waals surface area contributed by atoms with Gasteiger partial charge in [0.25, 0.3) is 5.91 Å². The number of benzene rings is 2. The Labute approximate surface area is 147 Å². The zero-order valence-electron chi connectivity index (χ0n) is 12.3. The number of rotatable bonds is 6. The van der Waals surface area contributed by atoms with Gasteiger partial charge in [-0.25, -0.2) is 0 Å². The summed E-state index contributed by atoms with van der Waals surface area (Å²) < 4.78 is 5.94. The molecule has 0 saturated carbocycles. The molecule has 120 valence electrons. The number of methoxy groups -OCH3 is 1. The Balaban J connectivity index is 1.83. The molecule has 1 amide bonds. The fraction of sp³-hybridized carbons (Fsp3) is 0.125. The molecule has 0 aliphatic heterocycles. The molecule has 23 heavy (non-hydrogen) atoms. The van der Waals surface area contributed by atoms with Crippen LogP contribution in [0.1, 0.15) is 5.56 Å². The molecule has 0 aromatic heterocycles. The van der Waals surface area contributed by atoms with Crippen molar-refractivity contribution in [2.45, 2.75) is 0 Å². The normalized spacial score (nSPS) is 10.6. The second-order valence-electron chi connectivity index (χ2n) is 4.43. The number of hydrogen-bond acceptors (Lipinski definition) is 4. The molecule has 0 bridgehead atoms. The molecule has 0 aliphatic rings. The maximum Gasteiger partial charge on any atom is 0.265 e. The summed E-state index contributed by atoms with van der Waals surface area (Å²) in [5.41, 5.74) is 1.41. The highest BCUT2D eigenvalue weighted by Gasteiger charge is 2.06. The second kappa shape index (κ2) is 8.55. The summed E-state index contributed by atoms with van der Waals surface area (Å²) in [6.07, 6.45) is 1.53. The van der Waals surface area contributed by atoms with Crippen LogP contribution in [-0.4, -0.2) is 25.8 Å². The van der Waals surface area contributed by atoms with E-state index in [1.807, 2.05) is 24.3 Å². The van der Waals surface area contributed by atoms with Gasteiger partial charge in [-0.05, 0) is 24.3 Å². The highest BCUT2D eigenvalue weighted by Crippen LogP contribution is 2.27. The van der Waals surface area contributed by atoms with Crippen LogP contribution in [0.15, 0.2) is 52.1 Å². The summed E-state index contributed by atoms with van der Waals surface area (Å²) in [6, 6.07) is 12.5. The first kappa shape index (κ1) is 17.3. The van der Waals surface area contributed by atoms with Crippen molar-refractivity contribution in [3.8, 4) is 5.75 Å². The van der Waals surface area contributed by atoms with Crippen molar-refractivity contribution in [2.75, 3.05) is 19.0 Å². The topological polar surface area (TPSA) is 59.9 Å². The molecule has 0 saturated heterocycles. The molecular weight excluding hydrogens is 384 g/mol. The minimum absolute atomic E-state index is 0.204. The van der Waals surface area contributed by atoms with Gasteiger partial charge in [0.05, 0.1) is 18.3 Å².